The van der Waals surface area contributed by atoms with Crippen molar-refractivity contribution in [3.63, 3.8) is 0 Å². The van der Waals surface area contributed by atoms with Crippen LogP contribution >= 0.6 is 0 Å². The lowest BCUT2D eigenvalue weighted by molar-refractivity contribution is 0.0740. The van der Waals surface area contributed by atoms with Crippen molar-refractivity contribution in [2.45, 2.75) is 25.4 Å². The van der Waals surface area contributed by atoms with Crippen molar-refractivity contribution >= 4 is 0 Å². The minimum absolute atomic E-state index is 0.725. The number of nitrogens with one attached hydrogen (secondary N) is 1. The van der Waals surface area contributed by atoms with Gasteiger partial charge >= 0.3 is 0 Å². The zero-order valence-corrected chi connectivity index (χ0v) is 9.57. The van der Waals surface area contributed by atoms with E-state index < -0.39 is 0 Å². The third-order valence-corrected chi connectivity index (χ3v) is 3.40. The summed E-state index contributed by atoms with van der Waals surface area (Å²) in [6.45, 7) is 2.06. The van der Waals surface area contributed by atoms with Crippen LogP contribution in [-0.2, 0) is 6.54 Å². The molecule has 0 amide bonds. The van der Waals surface area contributed by atoms with Gasteiger partial charge < -0.3 is 9.73 Å². The Morgan fingerprint density at radius 1 is 1.53 bits per heavy atom. The van der Waals surface area contributed by atoms with Crippen LogP contribution in [0.2, 0.25) is 0 Å². The maximum Gasteiger partial charge on any atom is 0.117 e. The average Bonchev–Trinajstić information content (AvgIpc) is 2.64. The number of hydrogen-bond donors (Lipinski definition) is 1. The van der Waals surface area contributed by atoms with Crippen molar-refractivity contribution in [3.05, 3.63) is 24.2 Å². The second-order valence-corrected chi connectivity index (χ2v) is 4.46. The number of nitrogens with zero attached hydrogens (tertiary/aromatic N) is 1. The molecule has 1 aromatic heterocycles. The summed E-state index contributed by atoms with van der Waals surface area (Å²) in [7, 11) is 4.22. The lowest BCUT2D eigenvalue weighted by Crippen LogP contribution is -2.48. The van der Waals surface area contributed by atoms with E-state index in [1.54, 1.807) is 6.26 Å². The fourth-order valence-corrected chi connectivity index (χ4v) is 2.40. The Morgan fingerprint density at radius 3 is 2.93 bits per heavy atom. The largest absolute Gasteiger partial charge is 0.468 e. The van der Waals surface area contributed by atoms with E-state index >= 15 is 0 Å². The Morgan fingerprint density at radius 2 is 2.40 bits per heavy atom. The van der Waals surface area contributed by atoms with Gasteiger partial charge in [-0.25, -0.2) is 0 Å². The molecule has 1 N–H and O–H groups in total. The molecule has 1 aliphatic rings. The molecule has 0 aliphatic heterocycles. The van der Waals surface area contributed by atoms with E-state index in [-0.39, 0.29) is 0 Å². The predicted octanol–water partition coefficient (Wildman–Crippen LogP) is 1.71. The van der Waals surface area contributed by atoms with Crippen molar-refractivity contribution in [2.24, 2.45) is 5.92 Å². The first kappa shape index (κ1) is 10.7. The molecule has 2 atom stereocenters. The van der Waals surface area contributed by atoms with Gasteiger partial charge in [0.1, 0.15) is 5.76 Å². The molecule has 2 unspecified atom stereocenters. The first-order valence-corrected chi connectivity index (χ1v) is 5.68. The third-order valence-electron chi connectivity index (χ3n) is 3.40. The molecule has 3 heteroatoms. The number of hydrogen-bond acceptors (Lipinski definition) is 3. The smallest absolute Gasteiger partial charge is 0.117 e. The summed E-state index contributed by atoms with van der Waals surface area (Å²) in [4.78, 5) is 2.41. The third kappa shape index (κ3) is 2.41. The van der Waals surface area contributed by atoms with Crippen molar-refractivity contribution in [1.82, 2.24) is 10.2 Å². The molecule has 2 rings (SSSR count). The number of furan rings is 1. The van der Waals surface area contributed by atoms with E-state index in [9.17, 15) is 0 Å². The molecule has 0 bridgehead atoms. The summed E-state index contributed by atoms with van der Waals surface area (Å²) in [5.74, 6) is 1.88. The molecule has 1 aliphatic carbocycles. The van der Waals surface area contributed by atoms with Gasteiger partial charge in [-0.1, -0.05) is 0 Å². The summed E-state index contributed by atoms with van der Waals surface area (Å²) < 4.78 is 5.36. The molecular weight excluding hydrogens is 188 g/mol. The van der Waals surface area contributed by atoms with Crippen molar-refractivity contribution in [1.29, 1.82) is 0 Å². The van der Waals surface area contributed by atoms with Crippen molar-refractivity contribution < 1.29 is 4.42 Å². The Balaban J connectivity index is 1.83. The van der Waals surface area contributed by atoms with Crippen molar-refractivity contribution in [3.8, 4) is 0 Å². The first-order chi connectivity index (χ1) is 7.31. The van der Waals surface area contributed by atoms with Gasteiger partial charge in [-0.15, -0.1) is 0 Å². The lowest BCUT2D eigenvalue weighted by Gasteiger charge is -2.42. The van der Waals surface area contributed by atoms with E-state index in [0.29, 0.717) is 0 Å². The van der Waals surface area contributed by atoms with Gasteiger partial charge in [0.05, 0.1) is 12.8 Å². The molecule has 0 aromatic carbocycles. The van der Waals surface area contributed by atoms with Crippen LogP contribution in [0.3, 0.4) is 0 Å². The monoisotopic (exact) mass is 208 g/mol. The van der Waals surface area contributed by atoms with Crippen molar-refractivity contribution in [2.75, 3.05) is 20.6 Å². The lowest BCUT2D eigenvalue weighted by atomic mass is 9.78. The highest BCUT2D eigenvalue weighted by Gasteiger charge is 2.33. The van der Waals surface area contributed by atoms with E-state index in [1.807, 2.05) is 19.2 Å². The molecule has 1 fully saturated rings. The summed E-state index contributed by atoms with van der Waals surface area (Å²) >= 11 is 0. The van der Waals surface area contributed by atoms with Crippen LogP contribution in [0.4, 0.5) is 0 Å². The highest BCUT2D eigenvalue weighted by atomic mass is 16.3. The first-order valence-electron chi connectivity index (χ1n) is 5.68. The molecule has 1 heterocycles. The normalized spacial score (nSPS) is 25.5. The van der Waals surface area contributed by atoms with Gasteiger partial charge in [0.15, 0.2) is 0 Å². The zero-order valence-electron chi connectivity index (χ0n) is 9.57. The van der Waals surface area contributed by atoms with Crippen LogP contribution < -0.4 is 5.32 Å². The predicted molar refractivity (Wildman–Crippen MR) is 60.6 cm³/mol. The maximum absolute atomic E-state index is 5.36. The fourth-order valence-electron chi connectivity index (χ4n) is 2.40. The Bertz CT molecular complexity index is 284. The molecule has 0 saturated heterocycles. The van der Waals surface area contributed by atoms with Gasteiger partial charge in [0.25, 0.3) is 0 Å². The topological polar surface area (TPSA) is 28.4 Å². The highest BCUT2D eigenvalue weighted by Crippen LogP contribution is 2.31. The van der Waals surface area contributed by atoms with Crippen LogP contribution in [0.5, 0.6) is 0 Å². The van der Waals surface area contributed by atoms with Crippen LogP contribution in [0.15, 0.2) is 22.8 Å². The molecular formula is C12H20N2O. The van der Waals surface area contributed by atoms with Crippen LogP contribution in [0, 0.1) is 5.92 Å². The molecule has 1 saturated carbocycles. The molecule has 84 valence electrons. The second kappa shape index (κ2) is 4.81. The van der Waals surface area contributed by atoms with E-state index in [0.717, 1.165) is 30.8 Å². The Hall–Kier alpha value is -0.800. The van der Waals surface area contributed by atoms with Crippen LogP contribution in [0.1, 0.15) is 18.6 Å². The quantitative estimate of drug-likeness (QED) is 0.798. The maximum atomic E-state index is 5.36. The minimum Gasteiger partial charge on any atom is -0.468 e. The second-order valence-electron chi connectivity index (χ2n) is 4.46. The zero-order chi connectivity index (χ0) is 10.7. The van der Waals surface area contributed by atoms with Crippen LogP contribution in [-0.4, -0.2) is 31.6 Å². The highest BCUT2D eigenvalue weighted by molar-refractivity contribution is 4.99. The van der Waals surface area contributed by atoms with E-state index in [4.69, 9.17) is 4.42 Å². The van der Waals surface area contributed by atoms with E-state index in [1.165, 1.54) is 12.8 Å². The average molecular weight is 208 g/mol. The van der Waals surface area contributed by atoms with Gasteiger partial charge in [-0.05, 0) is 51.5 Å². The standard InChI is InChI=1S/C12H20N2O/c1-13-8-10-5-6-12(10)14(2)9-11-4-3-7-15-11/h3-4,7,10,12-13H,5-6,8-9H2,1-2H3. The Kier molecular flexibility index (Phi) is 3.44. The van der Waals surface area contributed by atoms with E-state index in [2.05, 4.69) is 17.3 Å². The molecule has 15 heavy (non-hydrogen) atoms. The summed E-state index contributed by atoms with van der Waals surface area (Å²) in [5.41, 5.74) is 0. The number of rotatable bonds is 5. The van der Waals surface area contributed by atoms with Gasteiger partial charge in [0.2, 0.25) is 0 Å². The van der Waals surface area contributed by atoms with Gasteiger partial charge in [0, 0.05) is 6.04 Å². The van der Waals surface area contributed by atoms with Crippen LogP contribution in [0.25, 0.3) is 0 Å². The summed E-state index contributed by atoms with van der Waals surface area (Å²) in [6.07, 6.45) is 4.42. The molecule has 0 radical (unpaired) electrons. The minimum atomic E-state index is 0.725. The Labute approximate surface area is 91.4 Å². The fraction of sp³-hybridized carbons (Fsp3) is 0.667. The van der Waals surface area contributed by atoms with Gasteiger partial charge in [-0.3, -0.25) is 4.90 Å². The molecule has 1 aromatic rings. The molecule has 0 spiro atoms. The molecule has 3 nitrogen and oxygen atoms in total. The summed E-state index contributed by atoms with van der Waals surface area (Å²) in [5, 5.41) is 3.26. The van der Waals surface area contributed by atoms with Gasteiger partial charge in [-0.2, -0.15) is 0 Å². The SMILES string of the molecule is CNCC1CCC1N(C)Cc1ccco1. The summed E-state index contributed by atoms with van der Waals surface area (Å²) in [6, 6.07) is 4.72.